The topological polar surface area (TPSA) is 90.7 Å². The number of carbonyl (C=O) groups is 2. The molecular formula is C25H33F4N5O3. The van der Waals surface area contributed by atoms with Crippen LogP contribution in [0.1, 0.15) is 39.4 Å². The number of urea groups is 1. The number of carboxylic acid groups (broad SMARTS) is 1. The van der Waals surface area contributed by atoms with E-state index in [9.17, 15) is 22.4 Å². The number of fused-ring (bicyclic) bond motifs is 2. The number of hydrogen-bond acceptors (Lipinski definition) is 4. The molecule has 0 bridgehead atoms. The number of imidazole rings is 1. The van der Waals surface area contributed by atoms with Gasteiger partial charge in [0.25, 0.3) is 0 Å². The highest BCUT2D eigenvalue weighted by molar-refractivity contribution is 5.74. The van der Waals surface area contributed by atoms with Crippen LogP contribution in [0.4, 0.5) is 22.4 Å². The van der Waals surface area contributed by atoms with Gasteiger partial charge in [0.15, 0.2) is 0 Å². The molecule has 12 heteroatoms. The van der Waals surface area contributed by atoms with E-state index in [0.717, 1.165) is 49.6 Å². The number of nitrogens with one attached hydrogen (secondary N) is 1. The molecule has 37 heavy (non-hydrogen) atoms. The number of carbonyl (C=O) groups excluding carboxylic acids is 1. The van der Waals surface area contributed by atoms with Crippen molar-refractivity contribution in [3.8, 4) is 11.3 Å². The van der Waals surface area contributed by atoms with Gasteiger partial charge in [-0.1, -0.05) is 32.9 Å². The first-order valence-corrected chi connectivity index (χ1v) is 12.3. The molecule has 0 atom stereocenters. The number of aromatic nitrogens is 2. The second-order valence-electron chi connectivity index (χ2n) is 9.61. The molecule has 3 heterocycles. The van der Waals surface area contributed by atoms with E-state index < -0.39 is 12.1 Å². The zero-order chi connectivity index (χ0) is 27.4. The summed E-state index contributed by atoms with van der Waals surface area (Å²) in [6.07, 6.45) is -1.49. The zero-order valence-corrected chi connectivity index (χ0v) is 21.2. The van der Waals surface area contributed by atoms with E-state index in [1.165, 1.54) is 6.07 Å². The molecule has 2 amide bonds. The summed E-state index contributed by atoms with van der Waals surface area (Å²) in [7, 11) is 0. The number of aliphatic carboxylic acids is 1. The van der Waals surface area contributed by atoms with E-state index in [1.54, 1.807) is 12.1 Å². The molecule has 8 nitrogen and oxygen atoms in total. The highest BCUT2D eigenvalue weighted by Crippen LogP contribution is 2.42. The fourth-order valence-electron chi connectivity index (χ4n) is 4.91. The molecule has 4 rings (SSSR count). The van der Waals surface area contributed by atoms with Crippen molar-refractivity contribution in [2.45, 2.75) is 51.9 Å². The average molecular weight is 528 g/mol. The Morgan fingerprint density at radius 1 is 1.16 bits per heavy atom. The highest BCUT2D eigenvalue weighted by atomic mass is 19.4. The van der Waals surface area contributed by atoms with Crippen molar-refractivity contribution in [2.75, 3.05) is 32.7 Å². The molecule has 0 radical (unpaired) electrons. The normalized spacial score (nSPS) is 17.2. The number of halogens is 4. The Balaban J connectivity index is 0.000000479. The molecule has 1 saturated heterocycles. The zero-order valence-electron chi connectivity index (χ0n) is 21.2. The van der Waals surface area contributed by atoms with Gasteiger partial charge in [-0.25, -0.2) is 19.0 Å². The minimum Gasteiger partial charge on any atom is -0.475 e. The predicted octanol–water partition coefficient (Wildman–Crippen LogP) is 4.31. The number of carboxylic acids is 1. The Kier molecular flexibility index (Phi) is 8.83. The second-order valence-corrected chi connectivity index (χ2v) is 9.61. The van der Waals surface area contributed by atoms with Crippen molar-refractivity contribution in [3.63, 3.8) is 0 Å². The Hall–Kier alpha value is -3.15. The van der Waals surface area contributed by atoms with Gasteiger partial charge in [0, 0.05) is 38.3 Å². The van der Waals surface area contributed by atoms with Crippen LogP contribution in [0.5, 0.6) is 0 Å². The first-order chi connectivity index (χ1) is 17.4. The van der Waals surface area contributed by atoms with E-state index in [0.29, 0.717) is 25.6 Å². The van der Waals surface area contributed by atoms with Gasteiger partial charge < -0.3 is 19.9 Å². The molecule has 0 saturated carbocycles. The third-order valence-electron chi connectivity index (χ3n) is 6.75. The molecule has 2 aromatic rings. The number of benzene rings is 1. The summed E-state index contributed by atoms with van der Waals surface area (Å²) >= 11 is 0. The van der Waals surface area contributed by atoms with Crippen LogP contribution in [-0.2, 0) is 16.9 Å². The lowest BCUT2D eigenvalue weighted by molar-refractivity contribution is -0.192. The van der Waals surface area contributed by atoms with E-state index in [1.807, 2.05) is 17.2 Å². The summed E-state index contributed by atoms with van der Waals surface area (Å²) in [6, 6.07) is 6.76. The van der Waals surface area contributed by atoms with Crippen LogP contribution in [0, 0.1) is 11.7 Å². The van der Waals surface area contributed by atoms with Crippen LogP contribution in [-0.4, -0.2) is 75.4 Å². The van der Waals surface area contributed by atoms with Crippen LogP contribution < -0.4 is 5.32 Å². The predicted molar refractivity (Wildman–Crippen MR) is 129 cm³/mol. The second kappa shape index (κ2) is 11.5. The minimum atomic E-state index is -5.08. The van der Waals surface area contributed by atoms with Gasteiger partial charge in [-0.15, -0.1) is 0 Å². The van der Waals surface area contributed by atoms with Gasteiger partial charge in [0.2, 0.25) is 0 Å². The number of hydrogen-bond donors (Lipinski definition) is 2. The molecule has 1 spiro atoms. The van der Waals surface area contributed by atoms with Crippen LogP contribution in [0.3, 0.4) is 0 Å². The number of amides is 2. The van der Waals surface area contributed by atoms with E-state index in [2.05, 4.69) is 35.6 Å². The molecule has 2 N–H and O–H groups in total. The summed E-state index contributed by atoms with van der Waals surface area (Å²) < 4.78 is 47.8. The van der Waals surface area contributed by atoms with Gasteiger partial charge >= 0.3 is 18.2 Å². The summed E-state index contributed by atoms with van der Waals surface area (Å²) in [5, 5.41) is 10.2. The number of likely N-dealkylation sites (tertiary alicyclic amines) is 1. The maximum atomic E-state index is 13.8. The van der Waals surface area contributed by atoms with Crippen molar-refractivity contribution >= 4 is 12.0 Å². The number of rotatable bonds is 4. The summed E-state index contributed by atoms with van der Waals surface area (Å²) in [5.74, 6) is -1.50. The standard InChI is InChI=1S/C23H32FN5O.C2HF3O2/c1-4-28-12-13-29-20(18-6-5-7-19(24)14-18)16-25-21(29)23(28)8-10-27(11-9-23)22(30)26-15-17(2)3;3-2(4,5)1(6)7/h5-7,14,16-17H,4,8-13,15H2,1-3H3,(H,26,30);(H,6,7). The Morgan fingerprint density at radius 3 is 2.35 bits per heavy atom. The first kappa shape index (κ1) is 28.4. The molecule has 2 aliphatic heterocycles. The van der Waals surface area contributed by atoms with E-state index in [-0.39, 0.29) is 17.4 Å². The number of piperidine rings is 1. The molecule has 0 unspecified atom stereocenters. The van der Waals surface area contributed by atoms with Gasteiger partial charge in [0.05, 0.1) is 17.4 Å². The maximum absolute atomic E-state index is 13.8. The SMILES string of the molecule is CCN1CCn2c(-c3cccc(F)c3)cnc2C12CCN(C(=O)NCC(C)C)CC2.O=C(O)C(F)(F)F. The summed E-state index contributed by atoms with van der Waals surface area (Å²) in [6.45, 7) is 11.2. The first-order valence-electron chi connectivity index (χ1n) is 12.3. The van der Waals surface area contributed by atoms with Crippen molar-refractivity contribution in [1.29, 1.82) is 0 Å². The van der Waals surface area contributed by atoms with Gasteiger partial charge in [-0.3, -0.25) is 4.90 Å². The lowest BCUT2D eigenvalue weighted by atomic mass is 9.83. The van der Waals surface area contributed by atoms with Crippen LogP contribution in [0.15, 0.2) is 30.5 Å². The fourth-order valence-corrected chi connectivity index (χ4v) is 4.91. The Bertz CT molecular complexity index is 1090. The average Bonchev–Trinajstić information content (AvgIpc) is 3.28. The van der Waals surface area contributed by atoms with E-state index in [4.69, 9.17) is 14.9 Å². The van der Waals surface area contributed by atoms with Gasteiger partial charge in [-0.2, -0.15) is 13.2 Å². The van der Waals surface area contributed by atoms with Crippen molar-refractivity contribution < 1.29 is 32.3 Å². The summed E-state index contributed by atoms with van der Waals surface area (Å²) in [5.41, 5.74) is 1.66. The lowest BCUT2D eigenvalue weighted by Crippen LogP contribution is -2.59. The fraction of sp³-hybridized carbons (Fsp3) is 0.560. The molecule has 1 aromatic heterocycles. The number of likely N-dealkylation sites (N-methyl/N-ethyl adjacent to an activating group) is 1. The van der Waals surface area contributed by atoms with Crippen molar-refractivity contribution in [3.05, 3.63) is 42.1 Å². The van der Waals surface area contributed by atoms with Crippen LogP contribution >= 0.6 is 0 Å². The highest BCUT2D eigenvalue weighted by Gasteiger charge is 2.47. The molecule has 1 aromatic carbocycles. The molecule has 2 aliphatic rings. The Labute approximate surface area is 213 Å². The quantitative estimate of drug-likeness (QED) is 0.579. The van der Waals surface area contributed by atoms with Gasteiger partial charge in [-0.05, 0) is 37.4 Å². The maximum Gasteiger partial charge on any atom is 0.490 e. The van der Waals surface area contributed by atoms with E-state index >= 15 is 0 Å². The monoisotopic (exact) mass is 527 g/mol. The van der Waals surface area contributed by atoms with Crippen LogP contribution in [0.2, 0.25) is 0 Å². The van der Waals surface area contributed by atoms with Gasteiger partial charge in [0.1, 0.15) is 11.6 Å². The molecule has 0 aliphatic carbocycles. The smallest absolute Gasteiger partial charge is 0.475 e. The molecule has 1 fully saturated rings. The number of nitrogens with zero attached hydrogens (tertiary/aromatic N) is 4. The third kappa shape index (κ3) is 6.41. The third-order valence-corrected chi connectivity index (χ3v) is 6.75. The largest absolute Gasteiger partial charge is 0.490 e. The van der Waals surface area contributed by atoms with Crippen molar-refractivity contribution in [2.24, 2.45) is 5.92 Å². The Morgan fingerprint density at radius 2 is 1.81 bits per heavy atom. The lowest BCUT2D eigenvalue weighted by Gasteiger charge is -2.50. The van der Waals surface area contributed by atoms with Crippen molar-refractivity contribution in [1.82, 2.24) is 24.7 Å². The minimum absolute atomic E-state index is 0.0289. The molecular weight excluding hydrogens is 494 g/mol. The summed E-state index contributed by atoms with van der Waals surface area (Å²) in [4.78, 5) is 30.7. The van der Waals surface area contributed by atoms with Crippen LogP contribution in [0.25, 0.3) is 11.3 Å². The molecule has 204 valence electrons. The number of alkyl halides is 3.